The van der Waals surface area contributed by atoms with E-state index in [-0.39, 0.29) is 17.6 Å². The Morgan fingerprint density at radius 2 is 1.93 bits per heavy atom. The first-order chi connectivity index (χ1) is 14.3. The van der Waals surface area contributed by atoms with Crippen LogP contribution in [0.2, 0.25) is 0 Å². The number of halogens is 3. The highest BCUT2D eigenvalue weighted by molar-refractivity contribution is 5.44. The van der Waals surface area contributed by atoms with Gasteiger partial charge in [0, 0.05) is 24.2 Å². The second-order valence-electron chi connectivity index (χ2n) is 7.77. The highest BCUT2D eigenvalue weighted by atomic mass is 19.4. The molecule has 3 atom stereocenters. The first kappa shape index (κ1) is 22.2. The van der Waals surface area contributed by atoms with Crippen molar-refractivity contribution in [3.8, 4) is 18.1 Å². The van der Waals surface area contributed by atoms with Crippen LogP contribution in [0.25, 0.3) is 0 Å². The molecule has 3 rings (SSSR count). The van der Waals surface area contributed by atoms with Crippen LogP contribution < -0.4 is 15.4 Å². The Morgan fingerprint density at radius 3 is 2.57 bits per heavy atom. The topological polar surface area (TPSA) is 33.3 Å². The number of hydrogen-bond acceptors (Lipinski definition) is 3. The van der Waals surface area contributed by atoms with Crippen LogP contribution in [0.5, 0.6) is 5.75 Å². The van der Waals surface area contributed by atoms with Gasteiger partial charge in [0.1, 0.15) is 11.2 Å². The van der Waals surface area contributed by atoms with Gasteiger partial charge in [-0.2, -0.15) is 13.2 Å². The minimum absolute atomic E-state index is 0.0384. The van der Waals surface area contributed by atoms with E-state index in [1.807, 2.05) is 24.1 Å². The van der Waals surface area contributed by atoms with Gasteiger partial charge in [0.25, 0.3) is 0 Å². The molecule has 1 saturated heterocycles. The van der Waals surface area contributed by atoms with E-state index >= 15 is 0 Å². The molecule has 3 unspecified atom stereocenters. The lowest BCUT2D eigenvalue weighted by atomic mass is 9.81. The van der Waals surface area contributed by atoms with Crippen molar-refractivity contribution in [2.24, 2.45) is 0 Å². The fraction of sp³-hybridized carbons (Fsp3) is 0.417. The number of nitrogens with one attached hydrogen (secondary N) is 2. The summed E-state index contributed by atoms with van der Waals surface area (Å²) >= 11 is 0. The molecule has 160 valence electrons. The fourth-order valence-corrected chi connectivity index (χ4v) is 3.92. The predicted octanol–water partition coefficient (Wildman–Crippen LogP) is 4.73. The lowest BCUT2D eigenvalue weighted by Crippen LogP contribution is -2.45. The molecule has 1 fully saturated rings. The standard InChI is InChI=1S/C24H27F3N2O/c1-4-23(2,24(25,26)27)19-12-13-21(30-3)18(15-19)16-29-20-11-8-14-28-22(20)17-9-6-5-7-10-17/h1,5-7,9-10,12-13,15,20,22,28-29H,8,11,14,16H2,2-3H3. The highest BCUT2D eigenvalue weighted by Crippen LogP contribution is 2.41. The maximum atomic E-state index is 13.6. The van der Waals surface area contributed by atoms with Crippen LogP contribution in [0, 0.1) is 12.3 Å². The van der Waals surface area contributed by atoms with E-state index in [4.69, 9.17) is 11.2 Å². The summed E-state index contributed by atoms with van der Waals surface area (Å²) in [6, 6.07) is 14.9. The Kier molecular flexibility index (Phi) is 6.74. The average molecular weight is 416 g/mol. The van der Waals surface area contributed by atoms with E-state index in [2.05, 4.69) is 22.8 Å². The van der Waals surface area contributed by atoms with Crippen molar-refractivity contribution in [3.05, 3.63) is 65.2 Å². The van der Waals surface area contributed by atoms with Crippen molar-refractivity contribution < 1.29 is 17.9 Å². The third kappa shape index (κ3) is 4.48. The van der Waals surface area contributed by atoms with Crippen molar-refractivity contribution in [2.45, 2.75) is 50.0 Å². The van der Waals surface area contributed by atoms with E-state index in [0.717, 1.165) is 26.3 Å². The molecule has 30 heavy (non-hydrogen) atoms. The summed E-state index contributed by atoms with van der Waals surface area (Å²) in [5.74, 6) is 2.47. The monoisotopic (exact) mass is 416 g/mol. The van der Waals surface area contributed by atoms with Gasteiger partial charge in [0.2, 0.25) is 0 Å². The summed E-state index contributed by atoms with van der Waals surface area (Å²) in [5.41, 5.74) is -0.477. The van der Waals surface area contributed by atoms with Gasteiger partial charge in [0.15, 0.2) is 0 Å². The van der Waals surface area contributed by atoms with Crippen LogP contribution in [-0.4, -0.2) is 25.9 Å². The van der Waals surface area contributed by atoms with Crippen LogP contribution in [-0.2, 0) is 12.0 Å². The quantitative estimate of drug-likeness (QED) is 0.668. The molecule has 6 heteroatoms. The zero-order valence-electron chi connectivity index (χ0n) is 17.2. The summed E-state index contributed by atoms with van der Waals surface area (Å²) in [6.45, 7) is 2.34. The lowest BCUT2D eigenvalue weighted by Gasteiger charge is -2.34. The molecule has 2 N–H and O–H groups in total. The van der Waals surface area contributed by atoms with Crippen molar-refractivity contribution in [1.82, 2.24) is 10.6 Å². The van der Waals surface area contributed by atoms with Crippen molar-refractivity contribution in [2.75, 3.05) is 13.7 Å². The summed E-state index contributed by atoms with van der Waals surface area (Å²) < 4.78 is 46.3. The van der Waals surface area contributed by atoms with Crippen molar-refractivity contribution in [1.29, 1.82) is 0 Å². The molecule has 0 saturated carbocycles. The number of hydrogen-bond donors (Lipinski definition) is 2. The Hall–Kier alpha value is -2.49. The Balaban J connectivity index is 1.84. The number of rotatable bonds is 6. The zero-order chi connectivity index (χ0) is 21.8. The molecule has 0 amide bonds. The zero-order valence-corrected chi connectivity index (χ0v) is 17.2. The maximum absolute atomic E-state index is 13.6. The van der Waals surface area contributed by atoms with Gasteiger partial charge in [-0.25, -0.2) is 0 Å². The molecule has 3 nitrogen and oxygen atoms in total. The van der Waals surface area contributed by atoms with E-state index < -0.39 is 11.6 Å². The minimum Gasteiger partial charge on any atom is -0.496 e. The van der Waals surface area contributed by atoms with Gasteiger partial charge < -0.3 is 15.4 Å². The van der Waals surface area contributed by atoms with Gasteiger partial charge in [-0.1, -0.05) is 42.3 Å². The lowest BCUT2D eigenvalue weighted by molar-refractivity contribution is -0.168. The van der Waals surface area contributed by atoms with E-state index in [0.29, 0.717) is 17.9 Å². The molecule has 1 aliphatic rings. The summed E-state index contributed by atoms with van der Waals surface area (Å²) in [6.07, 6.45) is 2.75. The van der Waals surface area contributed by atoms with Crippen LogP contribution in [0.15, 0.2) is 48.5 Å². The normalized spacial score (nSPS) is 21.5. The van der Waals surface area contributed by atoms with Gasteiger partial charge in [-0.05, 0) is 49.6 Å². The SMILES string of the molecule is C#CC(C)(c1ccc(OC)c(CNC2CCCNC2c2ccccc2)c1)C(F)(F)F. The molecular weight excluding hydrogens is 389 g/mol. The molecule has 0 aliphatic carbocycles. The number of piperidine rings is 1. The molecule has 0 radical (unpaired) electrons. The fourth-order valence-electron chi connectivity index (χ4n) is 3.92. The maximum Gasteiger partial charge on any atom is 0.408 e. The van der Waals surface area contributed by atoms with E-state index in [1.54, 1.807) is 6.07 Å². The van der Waals surface area contributed by atoms with E-state index in [9.17, 15) is 13.2 Å². The van der Waals surface area contributed by atoms with Gasteiger partial charge in [-0.15, -0.1) is 6.42 Å². The van der Waals surface area contributed by atoms with Crippen LogP contribution in [0.1, 0.15) is 42.5 Å². The second kappa shape index (κ2) is 9.11. The largest absolute Gasteiger partial charge is 0.496 e. The van der Waals surface area contributed by atoms with Crippen LogP contribution >= 0.6 is 0 Å². The second-order valence-corrected chi connectivity index (χ2v) is 7.77. The molecular formula is C24H27F3N2O. The van der Waals surface area contributed by atoms with Crippen LogP contribution in [0.4, 0.5) is 13.2 Å². The van der Waals surface area contributed by atoms with Gasteiger partial charge in [0.05, 0.1) is 7.11 Å². The first-order valence-corrected chi connectivity index (χ1v) is 10.0. The van der Waals surface area contributed by atoms with E-state index in [1.165, 1.54) is 24.8 Å². The number of terminal acetylenes is 1. The molecule has 2 aromatic rings. The Morgan fingerprint density at radius 1 is 1.20 bits per heavy atom. The smallest absolute Gasteiger partial charge is 0.408 e. The number of methoxy groups -OCH3 is 1. The van der Waals surface area contributed by atoms with Crippen molar-refractivity contribution in [3.63, 3.8) is 0 Å². The predicted molar refractivity (Wildman–Crippen MR) is 112 cm³/mol. The Labute approximate surface area is 176 Å². The minimum atomic E-state index is -4.55. The third-order valence-electron chi connectivity index (χ3n) is 5.89. The summed E-state index contributed by atoms with van der Waals surface area (Å²) in [7, 11) is 1.51. The molecule has 2 aromatic carbocycles. The summed E-state index contributed by atoms with van der Waals surface area (Å²) in [4.78, 5) is 0. The number of benzene rings is 2. The molecule has 0 bridgehead atoms. The average Bonchev–Trinajstić information content (AvgIpc) is 2.77. The molecule has 1 heterocycles. The third-order valence-corrected chi connectivity index (χ3v) is 5.89. The molecule has 0 aromatic heterocycles. The Bertz CT molecular complexity index is 892. The number of ether oxygens (including phenoxy) is 1. The number of alkyl halides is 3. The van der Waals surface area contributed by atoms with Gasteiger partial charge in [-0.3, -0.25) is 0 Å². The molecule has 1 aliphatic heterocycles. The first-order valence-electron chi connectivity index (χ1n) is 10.0. The highest BCUT2D eigenvalue weighted by Gasteiger charge is 2.51. The summed E-state index contributed by atoms with van der Waals surface area (Å²) in [5, 5.41) is 7.07. The van der Waals surface area contributed by atoms with Crippen LogP contribution in [0.3, 0.4) is 0 Å². The molecule has 0 spiro atoms. The van der Waals surface area contributed by atoms with Gasteiger partial charge >= 0.3 is 6.18 Å². The van der Waals surface area contributed by atoms with Crippen molar-refractivity contribution >= 4 is 0 Å².